The van der Waals surface area contributed by atoms with Crippen LogP contribution in [-0.4, -0.2) is 29.1 Å². The Morgan fingerprint density at radius 1 is 1.15 bits per heavy atom. The van der Waals surface area contributed by atoms with E-state index in [0.717, 1.165) is 17.7 Å². The molecular weight excluding hydrogens is 276 g/mol. The minimum absolute atomic E-state index is 0.0350. The molecule has 0 aliphatic heterocycles. The Morgan fingerprint density at radius 3 is 2.40 bits per heavy atom. The molecule has 0 spiro atoms. The van der Waals surface area contributed by atoms with Gasteiger partial charge in [0.25, 0.3) is 0 Å². The maximum Gasteiger partial charge on any atom is 0.323 e. The molecule has 0 saturated carbocycles. The summed E-state index contributed by atoms with van der Waals surface area (Å²) in [4.78, 5) is 16.8. The molecule has 0 unspecified atom stereocenters. The Hall–Kier alpha value is -2.07. The van der Waals surface area contributed by atoms with Gasteiger partial charge in [-0.25, -0.2) is 0 Å². The van der Waals surface area contributed by atoms with Crippen molar-refractivity contribution in [3.63, 3.8) is 0 Å². The first-order chi connectivity index (χ1) is 9.65. The second kappa shape index (κ2) is 6.91. The Morgan fingerprint density at radius 2 is 1.80 bits per heavy atom. The van der Waals surface area contributed by atoms with Crippen molar-refractivity contribution in [1.29, 1.82) is 0 Å². The van der Waals surface area contributed by atoms with Crippen LogP contribution in [-0.2, 0) is 11.2 Å². The van der Waals surface area contributed by atoms with Gasteiger partial charge in [-0.3, -0.25) is 9.78 Å². The third-order valence-corrected chi connectivity index (χ3v) is 3.19. The van der Waals surface area contributed by atoms with E-state index in [9.17, 15) is 4.79 Å². The molecule has 1 heterocycles. The lowest BCUT2D eigenvalue weighted by atomic mass is 10.2. The van der Waals surface area contributed by atoms with E-state index in [1.54, 1.807) is 24.5 Å². The third kappa shape index (κ3) is 4.24. The Balaban J connectivity index is 2.07. The van der Waals surface area contributed by atoms with Gasteiger partial charge in [0, 0.05) is 29.6 Å². The van der Waals surface area contributed by atoms with Crippen molar-refractivity contribution in [3.8, 4) is 0 Å². The van der Waals surface area contributed by atoms with Gasteiger partial charge in [0.2, 0.25) is 0 Å². The number of hydrogen-bond donors (Lipinski definition) is 1. The van der Waals surface area contributed by atoms with Crippen molar-refractivity contribution in [2.75, 3.05) is 18.0 Å². The second-order valence-electron chi connectivity index (χ2n) is 4.40. The average molecular weight is 291 g/mol. The fraction of sp³-hybridized carbons (Fsp3) is 0.200. The van der Waals surface area contributed by atoms with Crippen molar-refractivity contribution in [2.45, 2.75) is 6.42 Å². The van der Waals surface area contributed by atoms with Gasteiger partial charge in [-0.05, 0) is 48.4 Å². The summed E-state index contributed by atoms with van der Waals surface area (Å²) in [6.45, 7) is 0.588. The van der Waals surface area contributed by atoms with Gasteiger partial charge in [-0.2, -0.15) is 0 Å². The summed E-state index contributed by atoms with van der Waals surface area (Å²) in [5.41, 5.74) is 1.98. The topological polar surface area (TPSA) is 53.4 Å². The zero-order valence-electron chi connectivity index (χ0n) is 10.9. The highest BCUT2D eigenvalue weighted by atomic mass is 35.5. The van der Waals surface area contributed by atoms with Crippen LogP contribution in [0.4, 0.5) is 5.69 Å². The molecule has 0 aliphatic rings. The van der Waals surface area contributed by atoms with Crippen molar-refractivity contribution < 1.29 is 9.90 Å². The molecule has 4 nitrogen and oxygen atoms in total. The summed E-state index contributed by atoms with van der Waals surface area (Å²) >= 11 is 5.85. The molecule has 1 N–H and O–H groups in total. The normalized spacial score (nSPS) is 10.2. The zero-order chi connectivity index (χ0) is 14.4. The van der Waals surface area contributed by atoms with E-state index >= 15 is 0 Å². The maximum atomic E-state index is 11.0. The molecule has 0 atom stereocenters. The fourth-order valence-corrected chi connectivity index (χ4v) is 2.05. The molecular formula is C15H15ClN2O2. The number of nitrogens with zero attached hydrogens (tertiary/aromatic N) is 2. The number of carbonyl (C=O) groups is 1. The van der Waals surface area contributed by atoms with E-state index in [1.165, 1.54) is 0 Å². The van der Waals surface area contributed by atoms with Gasteiger partial charge in [0.1, 0.15) is 6.54 Å². The highest BCUT2D eigenvalue weighted by Crippen LogP contribution is 2.18. The first-order valence-electron chi connectivity index (χ1n) is 6.26. The van der Waals surface area contributed by atoms with E-state index in [4.69, 9.17) is 16.7 Å². The van der Waals surface area contributed by atoms with Crippen molar-refractivity contribution >= 4 is 23.3 Å². The molecule has 1 aromatic carbocycles. The van der Waals surface area contributed by atoms with Crippen LogP contribution < -0.4 is 4.90 Å². The van der Waals surface area contributed by atoms with Crippen LogP contribution in [0.1, 0.15) is 5.56 Å². The maximum absolute atomic E-state index is 11.0. The monoisotopic (exact) mass is 290 g/mol. The summed E-state index contributed by atoms with van der Waals surface area (Å²) in [6.07, 6.45) is 4.23. The van der Waals surface area contributed by atoms with Gasteiger partial charge in [0.05, 0.1) is 0 Å². The predicted molar refractivity (Wildman–Crippen MR) is 79.2 cm³/mol. The van der Waals surface area contributed by atoms with Crippen molar-refractivity contribution in [1.82, 2.24) is 4.98 Å². The second-order valence-corrected chi connectivity index (χ2v) is 4.83. The van der Waals surface area contributed by atoms with Crippen LogP contribution in [0.3, 0.4) is 0 Å². The van der Waals surface area contributed by atoms with E-state index in [1.807, 2.05) is 29.2 Å². The van der Waals surface area contributed by atoms with Crippen LogP contribution in [0.25, 0.3) is 0 Å². The Bertz CT molecular complexity index is 558. The highest BCUT2D eigenvalue weighted by molar-refractivity contribution is 6.30. The first kappa shape index (κ1) is 14.3. The molecule has 0 radical (unpaired) electrons. The number of anilines is 1. The van der Waals surface area contributed by atoms with Gasteiger partial charge in [-0.1, -0.05) is 11.6 Å². The number of halogens is 1. The van der Waals surface area contributed by atoms with Gasteiger partial charge >= 0.3 is 5.97 Å². The summed E-state index contributed by atoms with van der Waals surface area (Å²) in [6, 6.07) is 11.0. The molecule has 0 bridgehead atoms. The molecule has 20 heavy (non-hydrogen) atoms. The van der Waals surface area contributed by atoms with Crippen LogP contribution in [0.15, 0.2) is 48.8 Å². The fourth-order valence-electron chi connectivity index (χ4n) is 1.93. The number of benzene rings is 1. The standard InChI is InChI=1S/C15H15ClN2O2/c16-13-1-3-14(4-2-13)18(11-15(19)20)10-7-12-5-8-17-9-6-12/h1-6,8-9H,7,10-11H2,(H,19,20). The van der Waals surface area contributed by atoms with Crippen LogP contribution in [0.2, 0.25) is 5.02 Å². The summed E-state index contributed by atoms with van der Waals surface area (Å²) in [5.74, 6) is -0.852. The molecule has 2 aromatic rings. The number of carboxylic acid groups (broad SMARTS) is 1. The summed E-state index contributed by atoms with van der Waals surface area (Å²) in [5, 5.41) is 9.66. The molecule has 0 aliphatic carbocycles. The minimum Gasteiger partial charge on any atom is -0.480 e. The van der Waals surface area contributed by atoms with E-state index in [2.05, 4.69) is 4.98 Å². The van der Waals surface area contributed by atoms with E-state index < -0.39 is 5.97 Å². The van der Waals surface area contributed by atoms with Crippen LogP contribution >= 0.6 is 11.6 Å². The summed E-state index contributed by atoms with van der Waals surface area (Å²) in [7, 11) is 0. The molecule has 0 fully saturated rings. The lowest BCUT2D eigenvalue weighted by Gasteiger charge is -2.23. The van der Waals surface area contributed by atoms with Crippen LogP contribution in [0.5, 0.6) is 0 Å². The van der Waals surface area contributed by atoms with Gasteiger partial charge < -0.3 is 10.0 Å². The lowest BCUT2D eigenvalue weighted by molar-refractivity contribution is -0.135. The smallest absolute Gasteiger partial charge is 0.323 e. The SMILES string of the molecule is O=C(O)CN(CCc1ccncc1)c1ccc(Cl)cc1. The minimum atomic E-state index is -0.852. The Labute approximate surface area is 122 Å². The summed E-state index contributed by atoms with van der Waals surface area (Å²) < 4.78 is 0. The van der Waals surface area contributed by atoms with E-state index in [-0.39, 0.29) is 6.54 Å². The van der Waals surface area contributed by atoms with E-state index in [0.29, 0.717) is 11.6 Å². The molecule has 0 amide bonds. The zero-order valence-corrected chi connectivity index (χ0v) is 11.6. The third-order valence-electron chi connectivity index (χ3n) is 2.94. The lowest BCUT2D eigenvalue weighted by Crippen LogP contribution is -2.31. The average Bonchev–Trinajstić information content (AvgIpc) is 2.45. The van der Waals surface area contributed by atoms with Crippen molar-refractivity contribution in [2.24, 2.45) is 0 Å². The molecule has 2 rings (SSSR count). The molecule has 104 valence electrons. The number of aliphatic carboxylic acids is 1. The number of carboxylic acids is 1. The number of rotatable bonds is 6. The molecule has 0 saturated heterocycles. The Kier molecular flexibility index (Phi) is 4.96. The van der Waals surface area contributed by atoms with Crippen LogP contribution in [0, 0.1) is 0 Å². The number of aromatic nitrogens is 1. The van der Waals surface area contributed by atoms with Gasteiger partial charge in [-0.15, -0.1) is 0 Å². The first-order valence-corrected chi connectivity index (χ1v) is 6.64. The largest absolute Gasteiger partial charge is 0.480 e. The quantitative estimate of drug-likeness (QED) is 0.889. The van der Waals surface area contributed by atoms with Crippen molar-refractivity contribution in [3.05, 3.63) is 59.4 Å². The molecule has 1 aromatic heterocycles. The predicted octanol–water partition coefficient (Wildman–Crippen LogP) is 2.87. The number of pyridine rings is 1. The molecule has 5 heteroatoms. The van der Waals surface area contributed by atoms with Gasteiger partial charge in [0.15, 0.2) is 0 Å². The number of hydrogen-bond acceptors (Lipinski definition) is 3. The highest BCUT2D eigenvalue weighted by Gasteiger charge is 2.10.